The maximum absolute atomic E-state index is 11.3. The Morgan fingerprint density at radius 2 is 2.17 bits per heavy atom. The zero-order chi connectivity index (χ0) is 13.0. The second-order valence-electron chi connectivity index (χ2n) is 4.43. The predicted octanol–water partition coefficient (Wildman–Crippen LogP) is 3.90. The number of carbonyl (C=O) groups excluding carboxylic acids is 1. The second kappa shape index (κ2) is 6.19. The Bertz CT molecular complexity index is 478. The van der Waals surface area contributed by atoms with Crippen LogP contribution in [0.5, 0.6) is 0 Å². The van der Waals surface area contributed by atoms with Crippen molar-refractivity contribution < 1.29 is 9.53 Å². The fourth-order valence-corrected chi connectivity index (χ4v) is 3.01. The van der Waals surface area contributed by atoms with Crippen LogP contribution >= 0.6 is 15.9 Å². The van der Waals surface area contributed by atoms with Crippen LogP contribution < -0.4 is 0 Å². The number of esters is 1. The molecule has 0 spiro atoms. The van der Waals surface area contributed by atoms with Gasteiger partial charge in [0.15, 0.2) is 0 Å². The molecule has 0 saturated heterocycles. The van der Waals surface area contributed by atoms with Gasteiger partial charge in [0.2, 0.25) is 0 Å². The van der Waals surface area contributed by atoms with Gasteiger partial charge in [0.25, 0.3) is 0 Å². The standard InChI is InChI=1S/C15H17BrO2/c1-2-18-15(17)8-7-11-9-12-5-3-4-6-13(12)14(16)10-11/h7-10H,2-6H2,1H3. The molecule has 1 aromatic carbocycles. The van der Waals surface area contributed by atoms with Crippen molar-refractivity contribution in [3.8, 4) is 0 Å². The second-order valence-corrected chi connectivity index (χ2v) is 5.29. The first-order valence-corrected chi connectivity index (χ1v) is 7.16. The average molecular weight is 309 g/mol. The Morgan fingerprint density at radius 1 is 1.39 bits per heavy atom. The normalized spacial score (nSPS) is 14.6. The quantitative estimate of drug-likeness (QED) is 0.625. The maximum atomic E-state index is 11.3. The molecular formula is C15H17BrO2. The van der Waals surface area contributed by atoms with E-state index in [9.17, 15) is 4.79 Å². The van der Waals surface area contributed by atoms with Gasteiger partial charge in [0.05, 0.1) is 6.61 Å². The first-order chi connectivity index (χ1) is 8.70. The first kappa shape index (κ1) is 13.3. The lowest BCUT2D eigenvalue weighted by molar-refractivity contribution is -0.137. The van der Waals surface area contributed by atoms with E-state index in [4.69, 9.17) is 4.74 Å². The summed E-state index contributed by atoms with van der Waals surface area (Å²) in [4.78, 5) is 11.3. The number of ether oxygens (including phenoxy) is 1. The fraction of sp³-hybridized carbons (Fsp3) is 0.400. The number of aryl methyl sites for hydroxylation is 1. The minimum absolute atomic E-state index is 0.286. The molecule has 18 heavy (non-hydrogen) atoms. The molecule has 3 heteroatoms. The van der Waals surface area contributed by atoms with Crippen LogP contribution in [-0.4, -0.2) is 12.6 Å². The number of hydrogen-bond donors (Lipinski definition) is 0. The predicted molar refractivity (Wildman–Crippen MR) is 76.5 cm³/mol. The Balaban J connectivity index is 2.19. The molecule has 0 aromatic heterocycles. The molecule has 2 rings (SSSR count). The van der Waals surface area contributed by atoms with Crippen molar-refractivity contribution in [1.82, 2.24) is 0 Å². The molecule has 0 saturated carbocycles. The van der Waals surface area contributed by atoms with E-state index in [1.165, 1.54) is 30.0 Å². The highest BCUT2D eigenvalue weighted by Crippen LogP contribution is 2.30. The molecule has 1 aromatic rings. The van der Waals surface area contributed by atoms with E-state index >= 15 is 0 Å². The van der Waals surface area contributed by atoms with Crippen molar-refractivity contribution in [3.63, 3.8) is 0 Å². The van der Waals surface area contributed by atoms with Gasteiger partial charge in [-0.05, 0) is 61.4 Å². The molecule has 1 aliphatic rings. The van der Waals surface area contributed by atoms with Crippen molar-refractivity contribution in [3.05, 3.63) is 39.4 Å². The lowest BCUT2D eigenvalue weighted by Crippen LogP contribution is -2.04. The number of halogens is 1. The largest absolute Gasteiger partial charge is 0.463 e. The van der Waals surface area contributed by atoms with Crippen LogP contribution in [0.25, 0.3) is 6.08 Å². The summed E-state index contributed by atoms with van der Waals surface area (Å²) in [5, 5.41) is 0. The molecule has 0 heterocycles. The van der Waals surface area contributed by atoms with E-state index < -0.39 is 0 Å². The van der Waals surface area contributed by atoms with Crippen LogP contribution in [0.3, 0.4) is 0 Å². The number of benzene rings is 1. The SMILES string of the molecule is CCOC(=O)C=Cc1cc(Br)c2c(c1)CCCC2. The van der Waals surface area contributed by atoms with Crippen LogP contribution in [0.1, 0.15) is 36.5 Å². The molecule has 0 atom stereocenters. The minimum Gasteiger partial charge on any atom is -0.463 e. The zero-order valence-corrected chi connectivity index (χ0v) is 12.1. The summed E-state index contributed by atoms with van der Waals surface area (Å²) in [5.74, 6) is -0.286. The third kappa shape index (κ3) is 3.22. The first-order valence-electron chi connectivity index (χ1n) is 6.37. The smallest absolute Gasteiger partial charge is 0.330 e. The maximum Gasteiger partial charge on any atom is 0.330 e. The summed E-state index contributed by atoms with van der Waals surface area (Å²) in [6, 6.07) is 4.24. The number of carbonyl (C=O) groups is 1. The Hall–Kier alpha value is -1.09. The third-order valence-corrected chi connectivity index (χ3v) is 3.84. The van der Waals surface area contributed by atoms with Crippen molar-refractivity contribution >= 4 is 28.0 Å². The van der Waals surface area contributed by atoms with Crippen molar-refractivity contribution in [1.29, 1.82) is 0 Å². The minimum atomic E-state index is -0.286. The van der Waals surface area contributed by atoms with Gasteiger partial charge >= 0.3 is 5.97 Å². The summed E-state index contributed by atoms with van der Waals surface area (Å²) in [6.45, 7) is 2.22. The number of hydrogen-bond acceptors (Lipinski definition) is 2. The van der Waals surface area contributed by atoms with Gasteiger partial charge in [-0.2, -0.15) is 0 Å². The van der Waals surface area contributed by atoms with Crippen LogP contribution in [0.4, 0.5) is 0 Å². The van der Waals surface area contributed by atoms with Crippen LogP contribution in [0, 0.1) is 0 Å². The van der Waals surface area contributed by atoms with Gasteiger partial charge in [-0.15, -0.1) is 0 Å². The molecule has 96 valence electrons. The fourth-order valence-electron chi connectivity index (χ4n) is 2.29. The summed E-state index contributed by atoms with van der Waals surface area (Å²) in [6.07, 6.45) is 8.11. The zero-order valence-electron chi connectivity index (χ0n) is 10.5. The highest BCUT2D eigenvalue weighted by Gasteiger charge is 2.12. The molecule has 0 radical (unpaired) electrons. The summed E-state index contributed by atoms with van der Waals surface area (Å²) in [7, 11) is 0. The van der Waals surface area contributed by atoms with Gasteiger partial charge in [-0.3, -0.25) is 0 Å². The summed E-state index contributed by atoms with van der Waals surface area (Å²) < 4.78 is 6.02. The summed E-state index contributed by atoms with van der Waals surface area (Å²) >= 11 is 3.62. The van der Waals surface area contributed by atoms with Crippen molar-refractivity contribution in [2.24, 2.45) is 0 Å². The van der Waals surface area contributed by atoms with Crippen LogP contribution in [0.2, 0.25) is 0 Å². The van der Waals surface area contributed by atoms with Gasteiger partial charge < -0.3 is 4.74 Å². The number of rotatable bonds is 3. The van der Waals surface area contributed by atoms with E-state index in [-0.39, 0.29) is 5.97 Å². The Morgan fingerprint density at radius 3 is 2.94 bits per heavy atom. The van der Waals surface area contributed by atoms with Gasteiger partial charge in [-0.1, -0.05) is 22.0 Å². The number of fused-ring (bicyclic) bond motifs is 1. The lowest BCUT2D eigenvalue weighted by Gasteiger charge is -2.17. The van der Waals surface area contributed by atoms with Gasteiger partial charge in [-0.25, -0.2) is 4.79 Å². The Kier molecular flexibility index (Phi) is 4.59. The molecule has 0 N–H and O–H groups in total. The molecule has 0 bridgehead atoms. The highest BCUT2D eigenvalue weighted by atomic mass is 79.9. The third-order valence-electron chi connectivity index (χ3n) is 3.13. The molecule has 0 fully saturated rings. The molecule has 1 aliphatic carbocycles. The average Bonchev–Trinajstić information content (AvgIpc) is 2.37. The van der Waals surface area contributed by atoms with E-state index in [0.717, 1.165) is 22.9 Å². The Labute approximate surface area is 116 Å². The molecular weight excluding hydrogens is 292 g/mol. The highest BCUT2D eigenvalue weighted by molar-refractivity contribution is 9.10. The van der Waals surface area contributed by atoms with Crippen LogP contribution in [0.15, 0.2) is 22.7 Å². The van der Waals surface area contributed by atoms with Gasteiger partial charge in [0.1, 0.15) is 0 Å². The molecule has 0 unspecified atom stereocenters. The molecule has 0 amide bonds. The summed E-state index contributed by atoms with van der Waals surface area (Å²) in [5.41, 5.74) is 3.88. The monoisotopic (exact) mass is 308 g/mol. The van der Waals surface area contributed by atoms with E-state index in [1.54, 1.807) is 6.92 Å². The van der Waals surface area contributed by atoms with Crippen molar-refractivity contribution in [2.75, 3.05) is 6.61 Å². The topological polar surface area (TPSA) is 26.3 Å². The molecule has 2 nitrogen and oxygen atoms in total. The van der Waals surface area contributed by atoms with E-state index in [0.29, 0.717) is 6.61 Å². The van der Waals surface area contributed by atoms with Gasteiger partial charge in [0, 0.05) is 10.5 Å². The van der Waals surface area contributed by atoms with Crippen molar-refractivity contribution in [2.45, 2.75) is 32.6 Å². The van der Waals surface area contributed by atoms with E-state index in [2.05, 4.69) is 28.1 Å². The van der Waals surface area contributed by atoms with Crippen LogP contribution in [-0.2, 0) is 22.4 Å². The molecule has 0 aliphatic heterocycles. The van der Waals surface area contributed by atoms with E-state index in [1.807, 2.05) is 6.08 Å². The lowest BCUT2D eigenvalue weighted by atomic mass is 9.90.